The molecule has 34 heavy (non-hydrogen) atoms. The molecule has 0 saturated heterocycles. The Morgan fingerprint density at radius 3 is 2.18 bits per heavy atom. The molecule has 2 amide bonds. The fourth-order valence-corrected chi connectivity index (χ4v) is 5.18. The van der Waals surface area contributed by atoms with Crippen LogP contribution in [0, 0.1) is 5.92 Å². The molecule has 7 nitrogen and oxygen atoms in total. The predicted molar refractivity (Wildman–Crippen MR) is 128 cm³/mol. The van der Waals surface area contributed by atoms with Crippen molar-refractivity contribution < 1.29 is 24.2 Å². The van der Waals surface area contributed by atoms with Crippen LogP contribution in [0.25, 0.3) is 11.1 Å². The largest absolute Gasteiger partial charge is 0.480 e. The van der Waals surface area contributed by atoms with Gasteiger partial charge in [-0.15, -0.1) is 0 Å². The summed E-state index contributed by atoms with van der Waals surface area (Å²) in [6.07, 6.45) is 4.85. The van der Waals surface area contributed by atoms with Gasteiger partial charge in [0.15, 0.2) is 0 Å². The van der Waals surface area contributed by atoms with Crippen LogP contribution >= 0.6 is 0 Å². The lowest BCUT2D eigenvalue weighted by Gasteiger charge is -2.28. The molecule has 1 fully saturated rings. The third kappa shape index (κ3) is 5.58. The van der Waals surface area contributed by atoms with Crippen LogP contribution in [0.4, 0.5) is 4.79 Å². The van der Waals surface area contributed by atoms with Crippen LogP contribution < -0.4 is 10.6 Å². The lowest BCUT2D eigenvalue weighted by Crippen LogP contribution is -2.46. The highest BCUT2D eigenvalue weighted by Gasteiger charge is 2.31. The van der Waals surface area contributed by atoms with E-state index in [4.69, 9.17) is 4.74 Å². The minimum atomic E-state index is -0.975. The molecule has 3 N–H and O–H groups in total. The fourth-order valence-electron chi connectivity index (χ4n) is 5.18. The van der Waals surface area contributed by atoms with Crippen molar-refractivity contribution in [3.8, 4) is 11.1 Å². The molecule has 2 aliphatic carbocycles. The molecule has 0 bridgehead atoms. The molecule has 2 aliphatic rings. The summed E-state index contributed by atoms with van der Waals surface area (Å²) >= 11 is 0. The number of carboxylic acid groups (broad SMARTS) is 1. The number of amides is 2. The van der Waals surface area contributed by atoms with Crippen LogP contribution in [0.1, 0.15) is 62.0 Å². The summed E-state index contributed by atoms with van der Waals surface area (Å²) in [5, 5.41) is 14.9. The summed E-state index contributed by atoms with van der Waals surface area (Å²) in [6.45, 7) is 0.521. The van der Waals surface area contributed by atoms with Crippen molar-refractivity contribution in [3.63, 3.8) is 0 Å². The van der Waals surface area contributed by atoms with E-state index in [0.717, 1.165) is 43.2 Å². The number of alkyl carbamates (subject to hydrolysis) is 1. The van der Waals surface area contributed by atoms with Crippen LogP contribution in [0.5, 0.6) is 0 Å². The molecule has 1 saturated carbocycles. The van der Waals surface area contributed by atoms with Gasteiger partial charge in [-0.25, -0.2) is 9.59 Å². The Balaban J connectivity index is 1.19. The number of benzene rings is 2. The smallest absolute Gasteiger partial charge is 0.407 e. The van der Waals surface area contributed by atoms with E-state index in [-0.39, 0.29) is 37.3 Å². The summed E-state index contributed by atoms with van der Waals surface area (Å²) in [6, 6.07) is 15.5. The number of rotatable bonds is 9. The summed E-state index contributed by atoms with van der Waals surface area (Å²) in [4.78, 5) is 36.1. The summed E-state index contributed by atoms with van der Waals surface area (Å²) in [5.41, 5.74) is 4.65. The van der Waals surface area contributed by atoms with Crippen LogP contribution in [-0.2, 0) is 14.3 Å². The Morgan fingerprint density at radius 2 is 1.56 bits per heavy atom. The first-order chi connectivity index (χ1) is 16.5. The topological polar surface area (TPSA) is 105 Å². The molecule has 0 spiro atoms. The molecule has 4 rings (SSSR count). The maximum atomic E-state index is 12.3. The zero-order valence-electron chi connectivity index (χ0n) is 19.3. The molecule has 0 heterocycles. The molecule has 1 unspecified atom stereocenters. The lowest BCUT2D eigenvalue weighted by molar-refractivity contribution is -0.143. The van der Waals surface area contributed by atoms with Crippen molar-refractivity contribution in [2.24, 2.45) is 5.92 Å². The van der Waals surface area contributed by atoms with Crippen molar-refractivity contribution in [1.82, 2.24) is 10.6 Å². The number of ether oxygens (including phenoxy) is 1. The van der Waals surface area contributed by atoms with Gasteiger partial charge in [0, 0.05) is 18.9 Å². The average Bonchev–Trinajstić information content (AvgIpc) is 3.18. The quantitative estimate of drug-likeness (QED) is 0.476. The average molecular weight is 465 g/mol. The third-order valence-corrected chi connectivity index (χ3v) is 6.90. The van der Waals surface area contributed by atoms with E-state index in [1.807, 2.05) is 24.3 Å². The fraction of sp³-hybridized carbons (Fsp3) is 0.444. The van der Waals surface area contributed by atoms with Gasteiger partial charge in [-0.1, -0.05) is 67.8 Å². The van der Waals surface area contributed by atoms with E-state index in [1.54, 1.807) is 0 Å². The second-order valence-electron chi connectivity index (χ2n) is 9.14. The Labute approximate surface area is 199 Å². The van der Waals surface area contributed by atoms with E-state index < -0.39 is 18.1 Å². The maximum Gasteiger partial charge on any atom is 0.407 e. The van der Waals surface area contributed by atoms with Gasteiger partial charge in [0.05, 0.1) is 0 Å². The van der Waals surface area contributed by atoms with Gasteiger partial charge in [-0.3, -0.25) is 4.79 Å². The van der Waals surface area contributed by atoms with Gasteiger partial charge in [0.2, 0.25) is 5.91 Å². The van der Waals surface area contributed by atoms with Gasteiger partial charge in [0.25, 0.3) is 0 Å². The molecule has 2 aromatic carbocycles. The van der Waals surface area contributed by atoms with E-state index in [2.05, 4.69) is 34.9 Å². The molecule has 0 radical (unpaired) electrons. The summed E-state index contributed by atoms with van der Waals surface area (Å²) in [7, 11) is 0. The van der Waals surface area contributed by atoms with Crippen molar-refractivity contribution in [1.29, 1.82) is 0 Å². The highest BCUT2D eigenvalue weighted by Crippen LogP contribution is 2.44. The van der Waals surface area contributed by atoms with Crippen LogP contribution in [-0.4, -0.2) is 42.3 Å². The zero-order chi connectivity index (χ0) is 23.9. The second kappa shape index (κ2) is 11.2. The Hall–Kier alpha value is -3.35. The van der Waals surface area contributed by atoms with E-state index in [0.29, 0.717) is 6.42 Å². The molecular weight excluding hydrogens is 432 g/mol. The van der Waals surface area contributed by atoms with E-state index in [1.165, 1.54) is 11.1 Å². The third-order valence-electron chi connectivity index (χ3n) is 6.90. The number of fused-ring (bicyclic) bond motifs is 3. The number of carbonyl (C=O) groups excluding carboxylic acids is 2. The van der Waals surface area contributed by atoms with Crippen molar-refractivity contribution in [2.45, 2.75) is 56.9 Å². The molecule has 0 aromatic heterocycles. The van der Waals surface area contributed by atoms with Crippen molar-refractivity contribution >= 4 is 18.0 Å². The van der Waals surface area contributed by atoms with Crippen LogP contribution in [0.15, 0.2) is 48.5 Å². The molecule has 1 atom stereocenters. The minimum Gasteiger partial charge on any atom is -0.480 e. The molecular formula is C27H32N2O5. The normalized spacial score (nSPS) is 16.2. The first kappa shape index (κ1) is 23.8. The van der Waals surface area contributed by atoms with Gasteiger partial charge >= 0.3 is 12.1 Å². The minimum absolute atomic E-state index is 0.00309. The number of nitrogens with one attached hydrogen (secondary N) is 2. The lowest BCUT2D eigenvalue weighted by atomic mass is 9.84. The number of carbonyl (C=O) groups is 3. The second-order valence-corrected chi connectivity index (χ2v) is 9.14. The highest BCUT2D eigenvalue weighted by molar-refractivity contribution is 5.83. The van der Waals surface area contributed by atoms with Gasteiger partial charge < -0.3 is 20.5 Å². The number of carboxylic acids is 1. The van der Waals surface area contributed by atoms with Gasteiger partial charge in [-0.05, 0) is 47.4 Å². The summed E-state index contributed by atoms with van der Waals surface area (Å²) in [5.74, 6) is -1.28. The van der Waals surface area contributed by atoms with E-state index in [9.17, 15) is 19.5 Å². The number of hydrogen-bond donors (Lipinski definition) is 3. The van der Waals surface area contributed by atoms with Crippen molar-refractivity contribution in [2.75, 3.05) is 13.2 Å². The monoisotopic (exact) mass is 464 g/mol. The number of hydrogen-bond acceptors (Lipinski definition) is 4. The van der Waals surface area contributed by atoms with E-state index >= 15 is 0 Å². The Kier molecular flexibility index (Phi) is 7.83. The predicted octanol–water partition coefficient (Wildman–Crippen LogP) is 4.46. The SMILES string of the molecule is O=C(CCCNC(=O)OCC1c2ccccc2-c2ccccc21)NC(C(=O)O)C1CCCCC1. The standard InChI is InChI=1S/C27H32N2O5/c30-24(29-25(26(31)32)18-9-2-1-3-10-18)15-8-16-28-27(33)34-17-23-21-13-6-4-11-19(21)20-12-5-7-14-22(20)23/h4-7,11-14,18,23,25H,1-3,8-10,15-17H2,(H,28,33)(H,29,30)(H,31,32). The van der Waals surface area contributed by atoms with Crippen molar-refractivity contribution in [3.05, 3.63) is 59.7 Å². The summed E-state index contributed by atoms with van der Waals surface area (Å²) < 4.78 is 5.49. The maximum absolute atomic E-state index is 12.3. The first-order valence-corrected chi connectivity index (χ1v) is 12.2. The molecule has 180 valence electrons. The Bertz CT molecular complexity index is 986. The van der Waals surface area contributed by atoms with Gasteiger partial charge in [0.1, 0.15) is 12.6 Å². The zero-order valence-corrected chi connectivity index (χ0v) is 19.3. The Morgan fingerprint density at radius 1 is 0.941 bits per heavy atom. The van der Waals surface area contributed by atoms with Crippen LogP contribution in [0.3, 0.4) is 0 Å². The molecule has 2 aromatic rings. The first-order valence-electron chi connectivity index (χ1n) is 12.2. The highest BCUT2D eigenvalue weighted by atomic mass is 16.5. The molecule has 0 aliphatic heterocycles. The van der Waals surface area contributed by atoms with Crippen LogP contribution in [0.2, 0.25) is 0 Å². The number of aliphatic carboxylic acids is 1. The van der Waals surface area contributed by atoms with Gasteiger partial charge in [-0.2, -0.15) is 0 Å². The molecule has 7 heteroatoms.